The van der Waals surface area contributed by atoms with Crippen molar-refractivity contribution in [1.29, 1.82) is 0 Å². The van der Waals surface area contributed by atoms with Crippen molar-refractivity contribution in [2.24, 2.45) is 11.7 Å². The van der Waals surface area contributed by atoms with E-state index in [0.717, 1.165) is 12.8 Å². The lowest BCUT2D eigenvalue weighted by atomic mass is 10.1. The van der Waals surface area contributed by atoms with Crippen LogP contribution in [0.1, 0.15) is 33.1 Å². The quantitative estimate of drug-likeness (QED) is 0.504. The average molecular weight is 250 g/mol. The van der Waals surface area contributed by atoms with Gasteiger partial charge in [-0.05, 0) is 23.3 Å². The number of ether oxygens (including phenoxy) is 1. The van der Waals surface area contributed by atoms with Gasteiger partial charge in [-0.25, -0.2) is 4.79 Å². The molecule has 2 unspecified atom stereocenters. The van der Waals surface area contributed by atoms with Crippen molar-refractivity contribution in [1.82, 2.24) is 0 Å². The normalized spacial score (nSPS) is 13.2. The standard InChI is InChI=1S/C10H20NO4P/c1-3-4-6-15-16(13)7-5-9(2)8-14-10(11)12/h9H,3-8H2,1-2H3,(H-,11,12)/p+1. The fourth-order valence-corrected chi connectivity index (χ4v) is 2.12. The van der Waals surface area contributed by atoms with Gasteiger partial charge < -0.3 is 10.5 Å². The molecule has 0 fully saturated rings. The number of carbonyl (C=O) groups is 1. The fraction of sp³-hybridized carbons (Fsp3) is 0.900. The molecule has 0 heterocycles. The van der Waals surface area contributed by atoms with Crippen LogP contribution in [0, 0.1) is 5.92 Å². The van der Waals surface area contributed by atoms with Crippen LogP contribution in [0.15, 0.2) is 0 Å². The summed E-state index contributed by atoms with van der Waals surface area (Å²) in [7, 11) is -1.57. The molecule has 2 atom stereocenters. The van der Waals surface area contributed by atoms with E-state index in [0.29, 0.717) is 19.2 Å². The molecule has 0 aliphatic heterocycles. The summed E-state index contributed by atoms with van der Waals surface area (Å²) >= 11 is 0. The third kappa shape index (κ3) is 9.87. The van der Waals surface area contributed by atoms with Crippen LogP contribution < -0.4 is 5.73 Å². The first kappa shape index (κ1) is 15.3. The molecular formula is C10H21NO4P+. The van der Waals surface area contributed by atoms with Crippen LogP contribution in [0.2, 0.25) is 0 Å². The molecule has 0 aromatic heterocycles. The number of carbonyl (C=O) groups excluding carboxylic acids is 1. The van der Waals surface area contributed by atoms with E-state index in [1.165, 1.54) is 0 Å². The number of primary amides is 1. The third-order valence-electron chi connectivity index (χ3n) is 2.05. The molecule has 0 rings (SSSR count). The van der Waals surface area contributed by atoms with Gasteiger partial charge in [0.1, 0.15) is 6.61 Å². The smallest absolute Gasteiger partial charge is 0.449 e. The highest BCUT2D eigenvalue weighted by Crippen LogP contribution is 2.25. The van der Waals surface area contributed by atoms with Crippen molar-refractivity contribution >= 4 is 14.1 Å². The lowest BCUT2D eigenvalue weighted by Gasteiger charge is -2.06. The maximum atomic E-state index is 11.4. The minimum atomic E-state index is -1.57. The summed E-state index contributed by atoms with van der Waals surface area (Å²) in [6, 6.07) is 0. The van der Waals surface area contributed by atoms with Gasteiger partial charge in [0.2, 0.25) is 0 Å². The zero-order chi connectivity index (χ0) is 12.4. The second kappa shape index (κ2) is 9.55. The summed E-state index contributed by atoms with van der Waals surface area (Å²) in [5.41, 5.74) is 4.83. The van der Waals surface area contributed by atoms with Gasteiger partial charge in [0.05, 0.1) is 6.61 Å². The Hall–Kier alpha value is -0.670. The Bertz CT molecular complexity index is 223. The molecule has 0 aromatic rings. The fourth-order valence-electron chi connectivity index (χ4n) is 1.01. The summed E-state index contributed by atoms with van der Waals surface area (Å²) in [5, 5.41) is 0. The first-order chi connectivity index (χ1) is 7.56. The average Bonchev–Trinajstić information content (AvgIpc) is 2.24. The zero-order valence-corrected chi connectivity index (χ0v) is 10.9. The van der Waals surface area contributed by atoms with Gasteiger partial charge in [0, 0.05) is 0 Å². The predicted molar refractivity (Wildman–Crippen MR) is 62.6 cm³/mol. The summed E-state index contributed by atoms with van der Waals surface area (Å²) in [6.07, 6.45) is 2.40. The van der Waals surface area contributed by atoms with Gasteiger partial charge in [-0.2, -0.15) is 0 Å². The largest absolute Gasteiger partial charge is 0.508 e. The Balaban J connectivity index is 3.47. The van der Waals surface area contributed by atoms with Crippen LogP contribution in [0.5, 0.6) is 0 Å². The van der Waals surface area contributed by atoms with Crippen molar-refractivity contribution < 1.29 is 18.6 Å². The predicted octanol–water partition coefficient (Wildman–Crippen LogP) is 2.67. The Kier molecular flexibility index (Phi) is 9.15. The van der Waals surface area contributed by atoms with E-state index in [1.54, 1.807) is 0 Å². The molecule has 0 spiro atoms. The summed E-state index contributed by atoms with van der Waals surface area (Å²) in [4.78, 5) is 10.3. The van der Waals surface area contributed by atoms with Gasteiger partial charge >= 0.3 is 14.1 Å². The van der Waals surface area contributed by atoms with Crippen molar-refractivity contribution in [2.75, 3.05) is 19.4 Å². The van der Waals surface area contributed by atoms with E-state index in [1.807, 2.05) is 6.92 Å². The molecule has 2 N–H and O–H groups in total. The number of unbranched alkanes of at least 4 members (excludes halogenated alkanes) is 1. The SMILES string of the molecule is CCCCO[P+](=O)CCC(C)COC(N)=O. The molecule has 6 heteroatoms. The van der Waals surface area contributed by atoms with Gasteiger partial charge in [0.15, 0.2) is 6.16 Å². The first-order valence-electron chi connectivity index (χ1n) is 5.56. The molecule has 94 valence electrons. The topological polar surface area (TPSA) is 78.6 Å². The minimum Gasteiger partial charge on any atom is -0.449 e. The maximum absolute atomic E-state index is 11.4. The van der Waals surface area contributed by atoms with Gasteiger partial charge in [0.25, 0.3) is 0 Å². The Morgan fingerprint density at radius 2 is 2.19 bits per heavy atom. The highest BCUT2D eigenvalue weighted by atomic mass is 31.1. The van der Waals surface area contributed by atoms with Crippen molar-refractivity contribution in [2.45, 2.75) is 33.1 Å². The zero-order valence-electron chi connectivity index (χ0n) is 9.98. The maximum Gasteiger partial charge on any atom is 0.508 e. The van der Waals surface area contributed by atoms with E-state index in [2.05, 4.69) is 11.7 Å². The van der Waals surface area contributed by atoms with E-state index in [9.17, 15) is 9.36 Å². The molecule has 1 amide bonds. The van der Waals surface area contributed by atoms with E-state index < -0.39 is 14.1 Å². The number of nitrogens with two attached hydrogens (primary N) is 1. The van der Waals surface area contributed by atoms with Crippen LogP contribution in [-0.4, -0.2) is 25.5 Å². The summed E-state index contributed by atoms with van der Waals surface area (Å²) < 4.78 is 21.1. The molecular weight excluding hydrogens is 229 g/mol. The molecule has 5 nitrogen and oxygen atoms in total. The van der Waals surface area contributed by atoms with Crippen molar-refractivity contribution in [3.63, 3.8) is 0 Å². The second-order valence-electron chi connectivity index (χ2n) is 3.77. The summed E-state index contributed by atoms with van der Waals surface area (Å²) in [5.74, 6) is 0.154. The molecule has 0 bridgehead atoms. The minimum absolute atomic E-state index is 0.154. The molecule has 0 aromatic carbocycles. The lowest BCUT2D eigenvalue weighted by Crippen LogP contribution is -2.17. The molecule has 16 heavy (non-hydrogen) atoms. The highest BCUT2D eigenvalue weighted by molar-refractivity contribution is 7.39. The lowest BCUT2D eigenvalue weighted by molar-refractivity contribution is 0.139. The van der Waals surface area contributed by atoms with Crippen molar-refractivity contribution in [3.05, 3.63) is 0 Å². The van der Waals surface area contributed by atoms with Crippen LogP contribution in [-0.2, 0) is 13.8 Å². The number of rotatable bonds is 9. The Morgan fingerprint density at radius 3 is 2.75 bits per heavy atom. The van der Waals surface area contributed by atoms with E-state index in [-0.39, 0.29) is 12.5 Å². The monoisotopic (exact) mass is 250 g/mol. The molecule has 0 saturated carbocycles. The number of hydrogen-bond acceptors (Lipinski definition) is 4. The van der Waals surface area contributed by atoms with Gasteiger partial charge in [-0.15, -0.1) is 4.52 Å². The molecule has 0 saturated heterocycles. The van der Waals surface area contributed by atoms with E-state index in [4.69, 9.17) is 10.3 Å². The van der Waals surface area contributed by atoms with Crippen LogP contribution in [0.3, 0.4) is 0 Å². The van der Waals surface area contributed by atoms with Crippen LogP contribution in [0.25, 0.3) is 0 Å². The van der Waals surface area contributed by atoms with Crippen LogP contribution in [0.4, 0.5) is 4.79 Å². The number of hydrogen-bond donors (Lipinski definition) is 1. The third-order valence-corrected chi connectivity index (χ3v) is 3.14. The molecule has 0 aliphatic carbocycles. The molecule has 0 aliphatic rings. The number of amides is 1. The van der Waals surface area contributed by atoms with Crippen molar-refractivity contribution in [3.8, 4) is 0 Å². The Labute approximate surface area is 97.5 Å². The second-order valence-corrected chi connectivity index (χ2v) is 5.14. The first-order valence-corrected chi connectivity index (χ1v) is 6.92. The van der Waals surface area contributed by atoms with Gasteiger partial charge in [-0.1, -0.05) is 20.3 Å². The van der Waals surface area contributed by atoms with Crippen LogP contribution >= 0.6 is 8.03 Å². The summed E-state index contributed by atoms with van der Waals surface area (Å²) in [6.45, 7) is 4.79. The molecule has 0 radical (unpaired) electrons. The highest BCUT2D eigenvalue weighted by Gasteiger charge is 2.18. The van der Waals surface area contributed by atoms with E-state index >= 15 is 0 Å². The van der Waals surface area contributed by atoms with Gasteiger partial charge in [-0.3, -0.25) is 0 Å². The Morgan fingerprint density at radius 1 is 1.50 bits per heavy atom.